The molecule has 0 unspecified atom stereocenters. The fourth-order valence-electron chi connectivity index (χ4n) is 2.11. The minimum absolute atomic E-state index is 0.105. The van der Waals surface area contributed by atoms with E-state index in [1.165, 1.54) is 0 Å². The van der Waals surface area contributed by atoms with Crippen molar-refractivity contribution < 1.29 is 19.4 Å². The van der Waals surface area contributed by atoms with E-state index in [-0.39, 0.29) is 17.4 Å². The Bertz CT molecular complexity index is 536. The molecule has 0 saturated carbocycles. The number of rotatable bonds is 4. The second kappa shape index (κ2) is 6.58. The summed E-state index contributed by atoms with van der Waals surface area (Å²) in [6, 6.07) is 5.08. The highest BCUT2D eigenvalue weighted by Gasteiger charge is 2.18. The van der Waals surface area contributed by atoms with Crippen LogP contribution in [0.1, 0.15) is 24.2 Å². The van der Waals surface area contributed by atoms with Crippen LogP contribution in [0.2, 0.25) is 0 Å². The van der Waals surface area contributed by atoms with Gasteiger partial charge in [0, 0.05) is 24.7 Å². The van der Waals surface area contributed by atoms with Crippen molar-refractivity contribution >= 4 is 23.3 Å². The maximum absolute atomic E-state index is 11.7. The molecule has 1 amide bonds. The summed E-state index contributed by atoms with van der Waals surface area (Å²) in [4.78, 5) is 25.2. The zero-order valence-corrected chi connectivity index (χ0v) is 12.3. The lowest BCUT2D eigenvalue weighted by Gasteiger charge is -2.29. The van der Waals surface area contributed by atoms with E-state index in [1.807, 2.05) is 6.07 Å². The van der Waals surface area contributed by atoms with E-state index >= 15 is 0 Å². The highest BCUT2D eigenvalue weighted by atomic mass is 16.5. The molecule has 1 aliphatic rings. The van der Waals surface area contributed by atoms with Crippen molar-refractivity contribution in [3.63, 3.8) is 0 Å². The molecule has 21 heavy (non-hydrogen) atoms. The Labute approximate surface area is 123 Å². The third-order valence-corrected chi connectivity index (χ3v) is 3.39. The van der Waals surface area contributed by atoms with Crippen LogP contribution in [0, 0.1) is 5.92 Å². The number of aromatic carboxylic acids is 1. The number of carbonyl (C=O) groups excluding carboxylic acids is 1. The molecule has 1 heterocycles. The van der Waals surface area contributed by atoms with Crippen LogP contribution in [0.15, 0.2) is 18.2 Å². The normalized spacial score (nSPS) is 15.1. The Kier molecular flexibility index (Phi) is 4.80. The number of ether oxygens (including phenoxy) is 1. The molecule has 6 heteroatoms. The van der Waals surface area contributed by atoms with Crippen LogP contribution in [0.3, 0.4) is 0 Å². The van der Waals surface area contributed by atoms with E-state index in [0.29, 0.717) is 18.9 Å². The Hall–Kier alpha value is -2.08. The average Bonchev–Trinajstić information content (AvgIpc) is 2.48. The first-order valence-corrected chi connectivity index (χ1v) is 7.00. The molecule has 2 rings (SSSR count). The lowest BCUT2D eigenvalue weighted by molar-refractivity contribution is -0.118. The van der Waals surface area contributed by atoms with Crippen molar-refractivity contribution in [3.8, 4) is 0 Å². The van der Waals surface area contributed by atoms with Gasteiger partial charge in [-0.2, -0.15) is 0 Å². The topological polar surface area (TPSA) is 78.9 Å². The Morgan fingerprint density at radius 2 is 1.95 bits per heavy atom. The van der Waals surface area contributed by atoms with Crippen molar-refractivity contribution in [3.05, 3.63) is 23.8 Å². The third-order valence-electron chi connectivity index (χ3n) is 3.39. The number of hydrogen-bond acceptors (Lipinski definition) is 4. The van der Waals surface area contributed by atoms with Crippen molar-refractivity contribution in [2.24, 2.45) is 5.92 Å². The number of nitrogens with one attached hydrogen (secondary N) is 1. The van der Waals surface area contributed by atoms with Crippen LogP contribution in [-0.2, 0) is 9.53 Å². The summed E-state index contributed by atoms with van der Waals surface area (Å²) in [7, 11) is 0. The molecule has 0 atom stereocenters. The van der Waals surface area contributed by atoms with Crippen LogP contribution >= 0.6 is 0 Å². The molecule has 114 valence electrons. The maximum atomic E-state index is 11.7. The van der Waals surface area contributed by atoms with Gasteiger partial charge in [-0.05, 0) is 18.2 Å². The van der Waals surface area contributed by atoms with Crippen molar-refractivity contribution in [2.45, 2.75) is 13.8 Å². The average molecular weight is 292 g/mol. The molecule has 1 fully saturated rings. The number of carboxylic acids is 1. The standard InChI is InChI=1S/C15H20N2O4/c1-10(2)14(18)16-13-4-3-11(9-12(13)15(19)20)17-5-7-21-8-6-17/h3-4,9-10H,5-8H2,1-2H3,(H,16,18)(H,19,20). The van der Waals surface area contributed by atoms with Crippen molar-refractivity contribution in [1.29, 1.82) is 0 Å². The molecular weight excluding hydrogens is 272 g/mol. The van der Waals surface area contributed by atoms with Gasteiger partial charge >= 0.3 is 5.97 Å². The smallest absolute Gasteiger partial charge is 0.337 e. The quantitative estimate of drug-likeness (QED) is 0.885. The summed E-state index contributed by atoms with van der Waals surface area (Å²) in [6.07, 6.45) is 0. The number of carboxylic acid groups (broad SMARTS) is 1. The Morgan fingerprint density at radius 3 is 2.52 bits per heavy atom. The Morgan fingerprint density at radius 1 is 1.29 bits per heavy atom. The van der Waals surface area contributed by atoms with E-state index in [0.717, 1.165) is 18.8 Å². The summed E-state index contributed by atoms with van der Waals surface area (Å²) in [5, 5.41) is 12.0. The molecule has 2 N–H and O–H groups in total. The van der Waals surface area contributed by atoms with Gasteiger partial charge in [-0.1, -0.05) is 13.8 Å². The number of carbonyl (C=O) groups is 2. The molecule has 1 aromatic rings. The summed E-state index contributed by atoms with van der Waals surface area (Å²) in [5.41, 5.74) is 1.27. The number of hydrogen-bond donors (Lipinski definition) is 2. The number of amides is 1. The highest BCUT2D eigenvalue weighted by molar-refractivity contribution is 6.01. The van der Waals surface area contributed by atoms with Crippen LogP contribution in [0.5, 0.6) is 0 Å². The highest BCUT2D eigenvalue weighted by Crippen LogP contribution is 2.24. The second-order valence-corrected chi connectivity index (χ2v) is 5.28. The fraction of sp³-hybridized carbons (Fsp3) is 0.467. The largest absolute Gasteiger partial charge is 0.478 e. The predicted molar refractivity (Wildman–Crippen MR) is 79.9 cm³/mol. The van der Waals surface area contributed by atoms with Gasteiger partial charge in [0.1, 0.15) is 0 Å². The van der Waals surface area contributed by atoms with Crippen molar-refractivity contribution in [1.82, 2.24) is 0 Å². The minimum Gasteiger partial charge on any atom is -0.478 e. The molecule has 0 aromatic heterocycles. The third kappa shape index (κ3) is 3.72. The molecule has 1 saturated heterocycles. The molecule has 1 aliphatic heterocycles. The van der Waals surface area contributed by atoms with Gasteiger partial charge in [0.25, 0.3) is 0 Å². The monoisotopic (exact) mass is 292 g/mol. The van der Waals surface area contributed by atoms with Crippen LogP contribution in [0.4, 0.5) is 11.4 Å². The first-order valence-electron chi connectivity index (χ1n) is 7.00. The first-order chi connectivity index (χ1) is 9.99. The lowest BCUT2D eigenvalue weighted by atomic mass is 10.1. The van der Waals surface area contributed by atoms with Gasteiger partial charge in [-0.25, -0.2) is 4.79 Å². The van der Waals surface area contributed by atoms with Gasteiger partial charge in [0.05, 0.1) is 24.5 Å². The predicted octanol–water partition coefficient (Wildman–Crippen LogP) is 1.82. The molecule has 1 aromatic carbocycles. The van der Waals surface area contributed by atoms with E-state index in [1.54, 1.807) is 26.0 Å². The molecular formula is C15H20N2O4. The van der Waals surface area contributed by atoms with E-state index in [2.05, 4.69) is 10.2 Å². The van der Waals surface area contributed by atoms with Gasteiger partial charge in [0.15, 0.2) is 0 Å². The summed E-state index contributed by atoms with van der Waals surface area (Å²) in [6.45, 7) is 6.26. The molecule has 0 aliphatic carbocycles. The Balaban J connectivity index is 2.26. The van der Waals surface area contributed by atoms with Crippen molar-refractivity contribution in [2.75, 3.05) is 36.5 Å². The minimum atomic E-state index is -1.05. The molecule has 0 bridgehead atoms. The number of benzene rings is 1. The number of anilines is 2. The van der Waals surface area contributed by atoms with Gasteiger partial charge in [-0.3, -0.25) is 4.79 Å². The first kappa shape index (κ1) is 15.3. The fourth-order valence-corrected chi connectivity index (χ4v) is 2.11. The zero-order valence-electron chi connectivity index (χ0n) is 12.3. The molecule has 0 spiro atoms. The molecule has 0 radical (unpaired) electrons. The lowest BCUT2D eigenvalue weighted by Crippen LogP contribution is -2.36. The van der Waals surface area contributed by atoms with E-state index in [9.17, 15) is 14.7 Å². The summed E-state index contributed by atoms with van der Waals surface area (Å²) < 4.78 is 5.29. The maximum Gasteiger partial charge on any atom is 0.337 e. The van der Waals surface area contributed by atoms with Crippen LogP contribution in [0.25, 0.3) is 0 Å². The number of nitrogens with zero attached hydrogens (tertiary/aromatic N) is 1. The van der Waals surface area contributed by atoms with Gasteiger partial charge in [-0.15, -0.1) is 0 Å². The molecule has 6 nitrogen and oxygen atoms in total. The number of morpholine rings is 1. The van der Waals surface area contributed by atoms with Crippen LogP contribution in [-0.4, -0.2) is 43.3 Å². The summed E-state index contributed by atoms with van der Waals surface area (Å²) >= 11 is 0. The van der Waals surface area contributed by atoms with Crippen LogP contribution < -0.4 is 10.2 Å². The SMILES string of the molecule is CC(C)C(=O)Nc1ccc(N2CCOCC2)cc1C(=O)O. The van der Waals surface area contributed by atoms with Gasteiger partial charge < -0.3 is 20.1 Å². The van der Waals surface area contributed by atoms with E-state index in [4.69, 9.17) is 4.74 Å². The summed E-state index contributed by atoms with van der Waals surface area (Å²) in [5.74, 6) is -1.45. The zero-order chi connectivity index (χ0) is 15.4. The van der Waals surface area contributed by atoms with E-state index < -0.39 is 5.97 Å². The second-order valence-electron chi connectivity index (χ2n) is 5.28. The van der Waals surface area contributed by atoms with Gasteiger partial charge in [0.2, 0.25) is 5.91 Å².